The Morgan fingerprint density at radius 2 is 1.94 bits per heavy atom. The molecule has 0 spiro atoms. The third-order valence-corrected chi connectivity index (χ3v) is 6.33. The van der Waals surface area contributed by atoms with Gasteiger partial charge in [-0.1, -0.05) is 11.6 Å². The van der Waals surface area contributed by atoms with Crippen molar-refractivity contribution in [3.05, 3.63) is 57.9 Å². The van der Waals surface area contributed by atoms with Gasteiger partial charge in [-0.25, -0.2) is 22.3 Å². The molecule has 1 aliphatic carbocycles. The SMILES string of the molecule is O=C(O)COc1cc(Cl)cc2c1CCCC2NS(=O)(=O)c1cc(F)cc(C(F)(F)F)c1. The number of carboxylic acids is 1. The van der Waals surface area contributed by atoms with Gasteiger partial charge in [0.1, 0.15) is 11.6 Å². The number of aliphatic carboxylic acids is 1. The average molecular weight is 482 g/mol. The number of carbonyl (C=O) groups is 1. The molecule has 168 valence electrons. The third-order valence-electron chi connectivity index (χ3n) is 4.66. The molecule has 0 aliphatic heterocycles. The first-order valence-corrected chi connectivity index (χ1v) is 10.8. The molecule has 0 bridgehead atoms. The fourth-order valence-corrected chi connectivity index (χ4v) is 4.90. The van der Waals surface area contributed by atoms with Gasteiger partial charge >= 0.3 is 12.1 Å². The Balaban J connectivity index is 1.96. The zero-order valence-electron chi connectivity index (χ0n) is 15.7. The summed E-state index contributed by atoms with van der Waals surface area (Å²) in [5.74, 6) is -2.38. The number of nitrogens with one attached hydrogen (secondary N) is 1. The van der Waals surface area contributed by atoms with Gasteiger partial charge in [-0.3, -0.25) is 0 Å². The molecular formula is C19H16ClF4NO5S. The van der Waals surface area contributed by atoms with E-state index < -0.39 is 51.1 Å². The first-order chi connectivity index (χ1) is 14.4. The van der Waals surface area contributed by atoms with E-state index in [-0.39, 0.29) is 16.8 Å². The van der Waals surface area contributed by atoms with Crippen molar-refractivity contribution in [2.24, 2.45) is 0 Å². The Labute approximate surface area is 179 Å². The second-order valence-electron chi connectivity index (χ2n) is 6.89. The lowest BCUT2D eigenvalue weighted by atomic mass is 9.87. The molecule has 2 aromatic carbocycles. The standard InChI is InChI=1S/C19H16ClF4NO5S/c20-11-6-15-14(17(7-11)30-9-18(26)27)2-1-3-16(15)25-31(28,29)13-5-10(19(22,23)24)4-12(21)8-13/h4-8,16,25H,1-3,9H2,(H,26,27). The largest absolute Gasteiger partial charge is 0.482 e. The van der Waals surface area contributed by atoms with Gasteiger partial charge in [-0.15, -0.1) is 0 Å². The molecule has 1 unspecified atom stereocenters. The molecule has 12 heteroatoms. The predicted octanol–water partition coefficient (Wildman–Crippen LogP) is 4.32. The maximum absolute atomic E-state index is 13.7. The van der Waals surface area contributed by atoms with Crippen LogP contribution in [0.3, 0.4) is 0 Å². The number of halogens is 5. The van der Waals surface area contributed by atoms with Gasteiger partial charge in [0, 0.05) is 11.1 Å². The number of sulfonamides is 1. The van der Waals surface area contributed by atoms with E-state index in [0.717, 1.165) is 0 Å². The van der Waals surface area contributed by atoms with Crippen LogP contribution in [0.2, 0.25) is 5.02 Å². The highest BCUT2D eigenvalue weighted by Gasteiger charge is 2.34. The number of rotatable bonds is 6. The topological polar surface area (TPSA) is 92.7 Å². The van der Waals surface area contributed by atoms with E-state index in [1.807, 2.05) is 0 Å². The van der Waals surface area contributed by atoms with E-state index in [2.05, 4.69) is 4.72 Å². The molecule has 31 heavy (non-hydrogen) atoms. The Morgan fingerprint density at radius 1 is 1.23 bits per heavy atom. The summed E-state index contributed by atoms with van der Waals surface area (Å²) in [7, 11) is -4.53. The number of carboxylic acid groups (broad SMARTS) is 1. The van der Waals surface area contributed by atoms with Crippen molar-refractivity contribution in [1.29, 1.82) is 0 Å². The zero-order valence-corrected chi connectivity index (χ0v) is 17.2. The third kappa shape index (κ3) is 5.46. The molecule has 1 atom stereocenters. The predicted molar refractivity (Wildman–Crippen MR) is 102 cm³/mol. The van der Waals surface area contributed by atoms with Crippen LogP contribution in [0.5, 0.6) is 5.75 Å². The highest BCUT2D eigenvalue weighted by molar-refractivity contribution is 7.89. The molecule has 0 fully saturated rings. The summed E-state index contributed by atoms with van der Waals surface area (Å²) in [6, 6.07) is 3.07. The normalized spacial score (nSPS) is 16.6. The number of ether oxygens (including phenoxy) is 1. The zero-order chi connectivity index (χ0) is 23.0. The number of benzene rings is 2. The van der Waals surface area contributed by atoms with Crippen molar-refractivity contribution in [3.63, 3.8) is 0 Å². The van der Waals surface area contributed by atoms with Crippen LogP contribution in [-0.4, -0.2) is 26.1 Å². The van der Waals surface area contributed by atoms with Gasteiger partial charge < -0.3 is 9.84 Å². The Hall–Kier alpha value is -2.37. The summed E-state index contributed by atoms with van der Waals surface area (Å²) >= 11 is 6.06. The first-order valence-electron chi connectivity index (χ1n) is 8.94. The molecule has 0 heterocycles. The van der Waals surface area contributed by atoms with E-state index in [0.29, 0.717) is 42.5 Å². The minimum Gasteiger partial charge on any atom is -0.482 e. The number of alkyl halides is 3. The van der Waals surface area contributed by atoms with Gasteiger partial charge in [-0.05, 0) is 60.7 Å². The summed E-state index contributed by atoms with van der Waals surface area (Å²) in [6.45, 7) is -0.632. The number of fused-ring (bicyclic) bond motifs is 1. The summed E-state index contributed by atoms with van der Waals surface area (Å²) in [5.41, 5.74) is -0.473. The summed E-state index contributed by atoms with van der Waals surface area (Å²) in [5, 5.41) is 8.98. The van der Waals surface area contributed by atoms with E-state index >= 15 is 0 Å². The lowest BCUT2D eigenvalue weighted by Gasteiger charge is -2.28. The van der Waals surface area contributed by atoms with Crippen molar-refractivity contribution < 1.29 is 40.6 Å². The molecule has 0 saturated heterocycles. The molecule has 2 aromatic rings. The van der Waals surface area contributed by atoms with Crippen LogP contribution in [-0.2, 0) is 27.4 Å². The molecule has 0 amide bonds. The van der Waals surface area contributed by atoms with Crippen LogP contribution in [0, 0.1) is 5.82 Å². The number of hydrogen-bond donors (Lipinski definition) is 2. The second-order valence-corrected chi connectivity index (χ2v) is 9.04. The Morgan fingerprint density at radius 3 is 2.58 bits per heavy atom. The maximum atomic E-state index is 13.7. The minimum atomic E-state index is -4.92. The van der Waals surface area contributed by atoms with Gasteiger partial charge in [0.25, 0.3) is 0 Å². The Bertz CT molecular complexity index is 1120. The second kappa shape index (κ2) is 8.64. The minimum absolute atomic E-state index is 0.162. The van der Waals surface area contributed by atoms with Crippen LogP contribution < -0.4 is 9.46 Å². The van der Waals surface area contributed by atoms with Gasteiger partial charge in [0.05, 0.1) is 10.5 Å². The summed E-state index contributed by atoms with van der Waals surface area (Å²) in [4.78, 5) is 9.94. The van der Waals surface area contributed by atoms with Crippen molar-refractivity contribution in [1.82, 2.24) is 4.72 Å². The van der Waals surface area contributed by atoms with Crippen molar-refractivity contribution in [2.45, 2.75) is 36.4 Å². The smallest absolute Gasteiger partial charge is 0.416 e. The van der Waals surface area contributed by atoms with Crippen LogP contribution in [0.15, 0.2) is 35.2 Å². The Kier molecular flexibility index (Phi) is 6.49. The molecule has 6 nitrogen and oxygen atoms in total. The average Bonchev–Trinajstić information content (AvgIpc) is 2.65. The molecule has 0 saturated carbocycles. The fraction of sp³-hybridized carbons (Fsp3) is 0.316. The van der Waals surface area contributed by atoms with Crippen molar-refractivity contribution >= 4 is 27.6 Å². The molecular weight excluding hydrogens is 466 g/mol. The van der Waals surface area contributed by atoms with Gasteiger partial charge in [0.15, 0.2) is 6.61 Å². The van der Waals surface area contributed by atoms with E-state index in [1.165, 1.54) is 12.1 Å². The van der Waals surface area contributed by atoms with Crippen LogP contribution in [0.1, 0.15) is 35.6 Å². The first kappa shape index (κ1) is 23.3. The number of hydrogen-bond acceptors (Lipinski definition) is 4. The lowest BCUT2D eigenvalue weighted by Crippen LogP contribution is -2.31. The summed E-state index contributed by atoms with van der Waals surface area (Å²) in [6.07, 6.45) is -3.68. The fourth-order valence-electron chi connectivity index (χ4n) is 3.38. The molecule has 3 rings (SSSR count). The van der Waals surface area contributed by atoms with Gasteiger partial charge in [0.2, 0.25) is 10.0 Å². The molecule has 1 aliphatic rings. The highest BCUT2D eigenvalue weighted by atomic mass is 35.5. The van der Waals surface area contributed by atoms with Crippen molar-refractivity contribution in [3.8, 4) is 5.75 Å². The maximum Gasteiger partial charge on any atom is 0.416 e. The molecule has 0 radical (unpaired) electrons. The quantitative estimate of drug-likeness (QED) is 0.600. The van der Waals surface area contributed by atoms with Crippen LogP contribution in [0.4, 0.5) is 17.6 Å². The highest BCUT2D eigenvalue weighted by Crippen LogP contribution is 2.39. The van der Waals surface area contributed by atoms with Gasteiger partial charge in [-0.2, -0.15) is 13.2 Å². The van der Waals surface area contributed by atoms with E-state index in [9.17, 15) is 30.8 Å². The van der Waals surface area contributed by atoms with Crippen molar-refractivity contribution in [2.75, 3.05) is 6.61 Å². The molecule has 0 aromatic heterocycles. The monoisotopic (exact) mass is 481 g/mol. The summed E-state index contributed by atoms with van der Waals surface area (Å²) < 4.78 is 85.6. The van der Waals surface area contributed by atoms with E-state index in [1.54, 1.807) is 0 Å². The van der Waals surface area contributed by atoms with Crippen LogP contribution >= 0.6 is 11.6 Å². The van der Waals surface area contributed by atoms with Crippen LogP contribution in [0.25, 0.3) is 0 Å². The molecule has 2 N–H and O–H groups in total. The lowest BCUT2D eigenvalue weighted by molar-refractivity contribution is -0.139. The van der Waals surface area contributed by atoms with E-state index in [4.69, 9.17) is 21.4 Å².